The Hall–Kier alpha value is -2.00. The molecule has 9 nitrogen and oxygen atoms in total. The second kappa shape index (κ2) is 8.16. The van der Waals surface area contributed by atoms with Crippen molar-refractivity contribution in [2.24, 2.45) is 0 Å². The number of nitrogens with one attached hydrogen (secondary N) is 1. The fourth-order valence-electron chi connectivity index (χ4n) is 4.45. The first kappa shape index (κ1) is 19.3. The van der Waals surface area contributed by atoms with Crippen LogP contribution < -0.4 is 5.32 Å². The molecule has 4 rings (SSSR count). The highest BCUT2D eigenvalue weighted by Gasteiger charge is 2.39. The van der Waals surface area contributed by atoms with Crippen molar-refractivity contribution in [3.63, 3.8) is 0 Å². The topological polar surface area (TPSA) is 92.6 Å². The first-order valence-corrected chi connectivity index (χ1v) is 10.3. The summed E-state index contributed by atoms with van der Waals surface area (Å²) in [6.07, 6.45) is 5.42. The van der Waals surface area contributed by atoms with Crippen molar-refractivity contribution in [3.05, 3.63) is 11.6 Å². The van der Waals surface area contributed by atoms with Gasteiger partial charge in [-0.15, -0.1) is 10.2 Å². The maximum Gasteiger partial charge on any atom is 0.289 e. The zero-order chi connectivity index (χ0) is 19.7. The Labute approximate surface area is 165 Å². The van der Waals surface area contributed by atoms with E-state index in [1.54, 1.807) is 19.0 Å². The molecule has 3 aliphatic rings. The smallest absolute Gasteiger partial charge is 0.289 e. The maximum atomic E-state index is 12.8. The molecule has 0 bridgehead atoms. The summed E-state index contributed by atoms with van der Waals surface area (Å²) in [7, 11) is 3.53. The van der Waals surface area contributed by atoms with E-state index in [0.29, 0.717) is 24.9 Å². The van der Waals surface area contributed by atoms with Gasteiger partial charge in [-0.2, -0.15) is 0 Å². The zero-order valence-electron chi connectivity index (χ0n) is 16.8. The number of carbonyl (C=O) groups is 2. The number of nitrogens with zero attached hydrogens (tertiary/aromatic N) is 5. The van der Waals surface area contributed by atoms with Gasteiger partial charge in [0.1, 0.15) is 5.82 Å². The second-order valence-corrected chi connectivity index (χ2v) is 8.36. The third-order valence-electron chi connectivity index (χ3n) is 6.04. The highest BCUT2D eigenvalue weighted by Crippen LogP contribution is 2.25. The van der Waals surface area contributed by atoms with Crippen LogP contribution in [-0.2, 0) is 22.5 Å². The number of hydrogen-bond acceptors (Lipinski definition) is 6. The lowest BCUT2D eigenvalue weighted by molar-refractivity contribution is -0.134. The fourth-order valence-corrected chi connectivity index (χ4v) is 4.45. The summed E-state index contributed by atoms with van der Waals surface area (Å²) in [6.45, 7) is 2.95. The summed E-state index contributed by atoms with van der Waals surface area (Å²) in [5.41, 5.74) is 0. The van der Waals surface area contributed by atoms with Crippen LogP contribution in [0.1, 0.15) is 48.5 Å². The Bertz CT molecular complexity index is 733. The first-order chi connectivity index (χ1) is 13.5. The molecule has 0 aliphatic carbocycles. The molecular weight excluding hydrogens is 360 g/mol. The van der Waals surface area contributed by atoms with Crippen LogP contribution in [0.4, 0.5) is 0 Å². The second-order valence-electron chi connectivity index (χ2n) is 8.36. The molecule has 2 fully saturated rings. The molecule has 3 atom stereocenters. The molecule has 0 saturated carbocycles. The SMILES string of the molecule is CN(C)C(=O)C[C@H]1CN2C[C@H](NC(=O)c3nnc4n3CCCCC4)C[C@H]2CO1. The van der Waals surface area contributed by atoms with Crippen LogP contribution in [-0.4, -0.2) is 88.4 Å². The summed E-state index contributed by atoms with van der Waals surface area (Å²) in [6, 6.07) is 0.370. The normalized spacial score (nSPS) is 27.6. The maximum absolute atomic E-state index is 12.8. The Kier molecular flexibility index (Phi) is 5.63. The van der Waals surface area contributed by atoms with Crippen LogP contribution in [0.5, 0.6) is 0 Å². The van der Waals surface area contributed by atoms with Crippen LogP contribution in [0, 0.1) is 0 Å². The van der Waals surface area contributed by atoms with Crippen molar-refractivity contribution < 1.29 is 14.3 Å². The minimum absolute atomic E-state index is 0.0723. The average molecular weight is 390 g/mol. The Balaban J connectivity index is 1.33. The molecule has 1 N–H and O–H groups in total. The van der Waals surface area contributed by atoms with Gasteiger partial charge in [0.25, 0.3) is 5.91 Å². The number of ether oxygens (including phenoxy) is 1. The van der Waals surface area contributed by atoms with Gasteiger partial charge in [0.15, 0.2) is 0 Å². The quantitative estimate of drug-likeness (QED) is 0.781. The predicted molar refractivity (Wildman–Crippen MR) is 102 cm³/mol. The Morgan fingerprint density at radius 2 is 2.07 bits per heavy atom. The minimum atomic E-state index is -0.134. The van der Waals surface area contributed by atoms with Gasteiger partial charge in [0.2, 0.25) is 11.7 Å². The average Bonchev–Trinajstić information content (AvgIpc) is 3.17. The van der Waals surface area contributed by atoms with Gasteiger partial charge in [-0.1, -0.05) is 6.42 Å². The number of carbonyl (C=O) groups excluding carboxylic acids is 2. The number of aromatic nitrogens is 3. The van der Waals surface area contributed by atoms with Crippen molar-refractivity contribution in [1.82, 2.24) is 29.9 Å². The lowest BCUT2D eigenvalue weighted by Crippen LogP contribution is -2.47. The van der Waals surface area contributed by atoms with Crippen molar-refractivity contribution in [3.8, 4) is 0 Å². The lowest BCUT2D eigenvalue weighted by Gasteiger charge is -2.35. The van der Waals surface area contributed by atoms with E-state index in [1.807, 2.05) is 4.57 Å². The summed E-state index contributed by atoms with van der Waals surface area (Å²) >= 11 is 0. The van der Waals surface area contributed by atoms with Crippen molar-refractivity contribution in [2.45, 2.75) is 63.3 Å². The molecule has 0 unspecified atom stereocenters. The fraction of sp³-hybridized carbons (Fsp3) is 0.789. The largest absolute Gasteiger partial charge is 0.375 e. The van der Waals surface area contributed by atoms with Gasteiger partial charge >= 0.3 is 0 Å². The Morgan fingerprint density at radius 3 is 2.89 bits per heavy atom. The van der Waals surface area contributed by atoms with Gasteiger partial charge in [-0.05, 0) is 19.3 Å². The van der Waals surface area contributed by atoms with E-state index in [-0.39, 0.29) is 24.0 Å². The highest BCUT2D eigenvalue weighted by atomic mass is 16.5. The molecule has 0 radical (unpaired) electrons. The van der Waals surface area contributed by atoms with Gasteiger partial charge in [0, 0.05) is 52.2 Å². The number of hydrogen-bond donors (Lipinski definition) is 1. The van der Waals surface area contributed by atoms with Gasteiger partial charge in [-0.25, -0.2) is 0 Å². The van der Waals surface area contributed by atoms with Crippen molar-refractivity contribution >= 4 is 11.8 Å². The van der Waals surface area contributed by atoms with Crippen LogP contribution in [0.2, 0.25) is 0 Å². The summed E-state index contributed by atoms with van der Waals surface area (Å²) < 4.78 is 7.88. The van der Waals surface area contributed by atoms with Crippen LogP contribution >= 0.6 is 0 Å². The van der Waals surface area contributed by atoms with E-state index >= 15 is 0 Å². The molecule has 1 aromatic heterocycles. The molecule has 1 aromatic rings. The van der Waals surface area contributed by atoms with Crippen LogP contribution in [0.25, 0.3) is 0 Å². The number of rotatable bonds is 4. The molecule has 2 saturated heterocycles. The first-order valence-electron chi connectivity index (χ1n) is 10.3. The molecular formula is C19H30N6O3. The van der Waals surface area contributed by atoms with E-state index in [0.717, 1.165) is 51.1 Å². The van der Waals surface area contributed by atoms with E-state index in [9.17, 15) is 9.59 Å². The molecule has 2 amide bonds. The minimum Gasteiger partial charge on any atom is -0.375 e. The molecule has 154 valence electrons. The van der Waals surface area contributed by atoms with Crippen LogP contribution in [0.3, 0.4) is 0 Å². The monoisotopic (exact) mass is 390 g/mol. The molecule has 0 spiro atoms. The molecule has 4 heterocycles. The van der Waals surface area contributed by atoms with Crippen molar-refractivity contribution in [1.29, 1.82) is 0 Å². The molecule has 9 heteroatoms. The highest BCUT2D eigenvalue weighted by molar-refractivity contribution is 5.91. The van der Waals surface area contributed by atoms with Crippen molar-refractivity contribution in [2.75, 3.05) is 33.8 Å². The third-order valence-corrected chi connectivity index (χ3v) is 6.04. The zero-order valence-corrected chi connectivity index (χ0v) is 16.8. The standard InChI is InChI=1S/C19H30N6O3/c1-23(2)17(26)9-15-11-24-10-13(8-14(24)12-28-15)20-19(27)18-22-21-16-6-4-3-5-7-25(16)18/h13-15H,3-12H2,1-2H3,(H,20,27)/t13-,14+,15+/m1/s1. The van der Waals surface area contributed by atoms with E-state index in [2.05, 4.69) is 20.4 Å². The van der Waals surface area contributed by atoms with E-state index in [1.165, 1.54) is 6.42 Å². The molecule has 0 aromatic carbocycles. The number of fused-ring (bicyclic) bond motifs is 2. The number of aryl methyl sites for hydroxylation is 1. The molecule has 28 heavy (non-hydrogen) atoms. The van der Waals surface area contributed by atoms with Crippen LogP contribution in [0.15, 0.2) is 0 Å². The van der Waals surface area contributed by atoms with Gasteiger partial charge < -0.3 is 19.5 Å². The number of morpholine rings is 1. The summed E-state index contributed by atoms with van der Waals surface area (Å²) in [5, 5.41) is 11.5. The predicted octanol–water partition coefficient (Wildman–Crippen LogP) is 0.0543. The van der Waals surface area contributed by atoms with Gasteiger partial charge in [-0.3, -0.25) is 14.5 Å². The van der Waals surface area contributed by atoms with E-state index < -0.39 is 0 Å². The molecule has 3 aliphatic heterocycles. The summed E-state index contributed by atoms with van der Waals surface area (Å²) in [5.74, 6) is 1.31. The third kappa shape index (κ3) is 4.05. The van der Waals surface area contributed by atoms with Gasteiger partial charge in [0.05, 0.1) is 19.1 Å². The number of amides is 2. The summed E-state index contributed by atoms with van der Waals surface area (Å²) in [4.78, 5) is 28.7. The lowest BCUT2D eigenvalue weighted by atomic mass is 10.1. The van der Waals surface area contributed by atoms with E-state index in [4.69, 9.17) is 4.74 Å². The Morgan fingerprint density at radius 1 is 1.21 bits per heavy atom.